The van der Waals surface area contributed by atoms with Gasteiger partial charge in [0.25, 0.3) is 0 Å². The molecule has 0 spiro atoms. The Morgan fingerprint density at radius 2 is 2.13 bits per heavy atom. The van der Waals surface area contributed by atoms with E-state index in [1.165, 1.54) is 31.4 Å². The topological polar surface area (TPSA) is 49.3 Å². The monoisotopic (exact) mass is 548 g/mol. The largest absolute Gasteiger partial charge is 0.376 e. The van der Waals surface area contributed by atoms with E-state index in [-0.39, 0.29) is 24.0 Å². The number of guanidine groups is 1. The van der Waals surface area contributed by atoms with E-state index in [4.69, 9.17) is 9.47 Å². The van der Waals surface area contributed by atoms with Crippen molar-refractivity contribution in [2.75, 3.05) is 53.0 Å². The van der Waals surface area contributed by atoms with E-state index in [0.29, 0.717) is 12.2 Å². The molecule has 3 aliphatic rings. The number of rotatable bonds is 6. The number of thiophene rings is 1. The smallest absolute Gasteiger partial charge is 0.193 e. The van der Waals surface area contributed by atoms with Crippen LogP contribution in [0, 0.1) is 0 Å². The van der Waals surface area contributed by atoms with Crippen LogP contribution >= 0.6 is 35.3 Å². The lowest BCUT2D eigenvalue weighted by atomic mass is 10.1. The van der Waals surface area contributed by atoms with Gasteiger partial charge in [-0.25, -0.2) is 0 Å². The molecule has 0 aliphatic carbocycles. The van der Waals surface area contributed by atoms with E-state index < -0.39 is 0 Å². The highest BCUT2D eigenvalue weighted by atomic mass is 127. The zero-order valence-electron chi connectivity index (χ0n) is 18.2. The van der Waals surface area contributed by atoms with Crippen molar-refractivity contribution in [2.24, 2.45) is 4.99 Å². The van der Waals surface area contributed by atoms with Gasteiger partial charge in [-0.15, -0.1) is 35.3 Å². The van der Waals surface area contributed by atoms with Crippen LogP contribution in [0.2, 0.25) is 0 Å². The second-order valence-corrected chi connectivity index (χ2v) is 9.38. The quantitative estimate of drug-likeness (QED) is 0.336. The molecule has 0 radical (unpaired) electrons. The standard InChI is InChI=1S/C22H36N4O2S.HI/c1-23-22(24-9-13-25-10-7-21-18(16-25)8-15-29-21)26-11-5-19(6-12-26)28-17-20-4-2-3-14-27-20;/h8,15,19-20H,2-7,9-14,16-17H2,1H3,(H,23,24);1H. The first-order valence-corrected chi connectivity index (χ1v) is 12.2. The molecule has 8 heteroatoms. The van der Waals surface area contributed by atoms with Crippen LogP contribution in [0.3, 0.4) is 0 Å². The summed E-state index contributed by atoms with van der Waals surface area (Å²) in [4.78, 5) is 11.0. The molecule has 1 unspecified atom stereocenters. The Hall–Kier alpha value is -0.420. The second kappa shape index (κ2) is 12.6. The Morgan fingerprint density at radius 3 is 2.90 bits per heavy atom. The molecule has 3 aliphatic heterocycles. The van der Waals surface area contributed by atoms with Gasteiger partial charge in [-0.1, -0.05) is 0 Å². The highest BCUT2D eigenvalue weighted by Gasteiger charge is 2.24. The molecule has 170 valence electrons. The van der Waals surface area contributed by atoms with Crippen LogP contribution < -0.4 is 5.32 Å². The minimum atomic E-state index is 0. The molecule has 0 amide bonds. The maximum atomic E-state index is 6.15. The van der Waals surface area contributed by atoms with Crippen molar-refractivity contribution in [3.63, 3.8) is 0 Å². The number of nitrogens with one attached hydrogen (secondary N) is 1. The zero-order valence-corrected chi connectivity index (χ0v) is 21.3. The van der Waals surface area contributed by atoms with Gasteiger partial charge in [0.05, 0.1) is 18.8 Å². The van der Waals surface area contributed by atoms with E-state index in [1.54, 1.807) is 4.88 Å². The van der Waals surface area contributed by atoms with Crippen LogP contribution in [0.4, 0.5) is 0 Å². The van der Waals surface area contributed by atoms with E-state index in [1.807, 2.05) is 18.4 Å². The van der Waals surface area contributed by atoms with Gasteiger partial charge < -0.3 is 19.7 Å². The summed E-state index contributed by atoms with van der Waals surface area (Å²) in [6.07, 6.45) is 7.65. The molecule has 1 aromatic rings. The van der Waals surface area contributed by atoms with Gasteiger partial charge in [-0.3, -0.25) is 9.89 Å². The van der Waals surface area contributed by atoms with E-state index in [2.05, 4.69) is 31.6 Å². The van der Waals surface area contributed by atoms with Crippen molar-refractivity contribution in [2.45, 2.75) is 57.3 Å². The number of halogens is 1. The number of hydrogen-bond donors (Lipinski definition) is 1. The lowest BCUT2D eigenvalue weighted by molar-refractivity contribution is -0.0721. The highest BCUT2D eigenvalue weighted by molar-refractivity contribution is 14.0. The van der Waals surface area contributed by atoms with Gasteiger partial charge in [-0.2, -0.15) is 0 Å². The fourth-order valence-electron chi connectivity index (χ4n) is 4.57. The molecule has 30 heavy (non-hydrogen) atoms. The Bertz CT molecular complexity index is 657. The van der Waals surface area contributed by atoms with Crippen LogP contribution in [0.1, 0.15) is 42.5 Å². The Labute approximate surface area is 202 Å². The molecule has 0 saturated carbocycles. The zero-order chi connectivity index (χ0) is 19.9. The molecule has 4 rings (SSSR count). The van der Waals surface area contributed by atoms with E-state index in [0.717, 1.165) is 71.2 Å². The van der Waals surface area contributed by atoms with Gasteiger partial charge in [0.15, 0.2) is 5.96 Å². The number of likely N-dealkylation sites (tertiary alicyclic amines) is 1. The minimum absolute atomic E-state index is 0. The van der Waals surface area contributed by atoms with Crippen LogP contribution in [0.25, 0.3) is 0 Å². The average Bonchev–Trinajstić information content (AvgIpc) is 3.24. The van der Waals surface area contributed by atoms with Crippen LogP contribution in [0.15, 0.2) is 16.4 Å². The summed E-state index contributed by atoms with van der Waals surface area (Å²) >= 11 is 1.90. The molecule has 1 atom stereocenters. The summed E-state index contributed by atoms with van der Waals surface area (Å²) in [5.41, 5.74) is 1.52. The molecular formula is C22H37IN4O2S. The summed E-state index contributed by atoms with van der Waals surface area (Å²) in [6, 6.07) is 2.28. The SMILES string of the molecule is CN=C(NCCN1CCc2sccc2C1)N1CCC(OCC2CCCCO2)CC1.I. The predicted molar refractivity (Wildman–Crippen MR) is 134 cm³/mol. The summed E-state index contributed by atoms with van der Waals surface area (Å²) < 4.78 is 11.9. The molecule has 1 N–H and O–H groups in total. The second-order valence-electron chi connectivity index (χ2n) is 8.38. The van der Waals surface area contributed by atoms with Crippen molar-refractivity contribution >= 4 is 41.3 Å². The van der Waals surface area contributed by atoms with Crippen LogP contribution in [0.5, 0.6) is 0 Å². The Kier molecular flexibility index (Phi) is 10.2. The Balaban J connectivity index is 0.00000256. The molecule has 6 nitrogen and oxygen atoms in total. The number of piperidine rings is 1. The summed E-state index contributed by atoms with van der Waals surface area (Å²) in [6.45, 7) is 7.96. The highest BCUT2D eigenvalue weighted by Crippen LogP contribution is 2.23. The van der Waals surface area contributed by atoms with Crippen molar-refractivity contribution in [3.8, 4) is 0 Å². The predicted octanol–water partition coefficient (Wildman–Crippen LogP) is 3.35. The molecular weight excluding hydrogens is 511 g/mol. The first-order chi connectivity index (χ1) is 14.3. The lowest BCUT2D eigenvalue weighted by Crippen LogP contribution is -2.49. The average molecular weight is 549 g/mol. The third-order valence-electron chi connectivity index (χ3n) is 6.34. The summed E-state index contributed by atoms with van der Waals surface area (Å²) in [7, 11) is 1.89. The van der Waals surface area contributed by atoms with Crippen molar-refractivity contribution < 1.29 is 9.47 Å². The summed E-state index contributed by atoms with van der Waals surface area (Å²) in [5, 5.41) is 5.80. The third kappa shape index (κ3) is 6.79. The van der Waals surface area contributed by atoms with Gasteiger partial charge in [-0.05, 0) is 55.5 Å². The van der Waals surface area contributed by atoms with E-state index >= 15 is 0 Å². The molecule has 2 saturated heterocycles. The van der Waals surface area contributed by atoms with Gasteiger partial charge in [0.2, 0.25) is 0 Å². The minimum Gasteiger partial charge on any atom is -0.376 e. The number of ether oxygens (including phenoxy) is 2. The number of fused-ring (bicyclic) bond motifs is 1. The van der Waals surface area contributed by atoms with E-state index in [9.17, 15) is 0 Å². The molecule has 2 fully saturated rings. The normalized spacial score (nSPS) is 23.7. The first-order valence-electron chi connectivity index (χ1n) is 11.3. The Morgan fingerprint density at radius 1 is 1.27 bits per heavy atom. The van der Waals surface area contributed by atoms with Crippen molar-refractivity contribution in [1.82, 2.24) is 15.1 Å². The van der Waals surface area contributed by atoms with Gasteiger partial charge in [0, 0.05) is 57.8 Å². The van der Waals surface area contributed by atoms with Crippen LogP contribution in [-0.2, 0) is 22.4 Å². The lowest BCUT2D eigenvalue weighted by Gasteiger charge is -2.35. The van der Waals surface area contributed by atoms with Crippen molar-refractivity contribution in [3.05, 3.63) is 21.9 Å². The van der Waals surface area contributed by atoms with Gasteiger partial charge in [0.1, 0.15) is 0 Å². The number of aliphatic imine (C=N–C) groups is 1. The maximum absolute atomic E-state index is 6.15. The number of nitrogens with zero attached hydrogens (tertiary/aromatic N) is 3. The fourth-order valence-corrected chi connectivity index (χ4v) is 5.46. The summed E-state index contributed by atoms with van der Waals surface area (Å²) in [5.74, 6) is 1.03. The molecule has 0 aromatic carbocycles. The third-order valence-corrected chi connectivity index (χ3v) is 7.37. The molecule has 1 aromatic heterocycles. The fraction of sp³-hybridized carbons (Fsp3) is 0.773. The maximum Gasteiger partial charge on any atom is 0.193 e. The van der Waals surface area contributed by atoms with Crippen molar-refractivity contribution in [1.29, 1.82) is 0 Å². The first kappa shape index (κ1) is 24.2. The van der Waals surface area contributed by atoms with Crippen LogP contribution in [-0.4, -0.2) is 81.0 Å². The molecule has 0 bridgehead atoms. The number of hydrogen-bond acceptors (Lipinski definition) is 5. The van der Waals surface area contributed by atoms with Gasteiger partial charge >= 0.3 is 0 Å². The molecule has 4 heterocycles.